The van der Waals surface area contributed by atoms with Gasteiger partial charge in [-0.1, -0.05) is 27.7 Å². The van der Waals surface area contributed by atoms with Crippen LogP contribution in [-0.2, 0) is 14.8 Å². The van der Waals surface area contributed by atoms with E-state index in [0.717, 1.165) is 10.3 Å². The number of hydrogen-bond donors (Lipinski definition) is 2. The van der Waals surface area contributed by atoms with Gasteiger partial charge in [0.15, 0.2) is 0 Å². The number of hydrogen-bond acceptors (Lipinski definition) is 6. The smallest absolute Gasteiger partial charge is 0.243 e. The lowest BCUT2D eigenvalue weighted by Gasteiger charge is -2.30. The predicted molar refractivity (Wildman–Crippen MR) is 110 cm³/mol. The van der Waals surface area contributed by atoms with Crippen molar-refractivity contribution in [1.82, 2.24) is 24.8 Å². The Hall–Kier alpha value is -1.43. The first-order valence-electron chi connectivity index (χ1n) is 8.91. The molecule has 1 amide bonds. The third-order valence-corrected chi connectivity index (χ3v) is 7.78. The minimum Gasteiger partial charge on any atom is -0.355 e. The van der Waals surface area contributed by atoms with Crippen LogP contribution in [0, 0.1) is 12.8 Å². The number of nitrogens with zero attached hydrogens (tertiary/aromatic N) is 3. The third kappa shape index (κ3) is 5.34. The van der Waals surface area contributed by atoms with Crippen LogP contribution in [0.15, 0.2) is 38.8 Å². The quantitative estimate of drug-likeness (QED) is 0.457. The number of benzene rings is 1. The van der Waals surface area contributed by atoms with Crippen LogP contribution < -0.4 is 5.32 Å². The molecule has 8 nitrogen and oxygen atoms in total. The van der Waals surface area contributed by atoms with Crippen LogP contribution in [0.3, 0.4) is 0 Å². The fourth-order valence-corrected chi connectivity index (χ4v) is 5.39. The maximum absolute atomic E-state index is 12.7. The highest BCUT2D eigenvalue weighted by atomic mass is 79.9. The molecule has 0 bridgehead atoms. The molecule has 1 aliphatic heterocycles. The summed E-state index contributed by atoms with van der Waals surface area (Å²) in [5.41, 5.74) is 0. The van der Waals surface area contributed by atoms with Crippen molar-refractivity contribution in [1.29, 1.82) is 0 Å². The molecule has 0 radical (unpaired) electrons. The van der Waals surface area contributed by atoms with Crippen LogP contribution in [-0.4, -0.2) is 59.2 Å². The maximum atomic E-state index is 12.7. The minimum absolute atomic E-state index is 0.0209. The normalized spacial score (nSPS) is 16.2. The molecule has 28 heavy (non-hydrogen) atoms. The third-order valence-electron chi connectivity index (χ3n) is 4.49. The molecular weight excluding hydrogens is 466 g/mol. The molecule has 0 spiro atoms. The van der Waals surface area contributed by atoms with Gasteiger partial charge in [-0.2, -0.15) is 4.31 Å². The van der Waals surface area contributed by atoms with E-state index in [1.807, 2.05) is 6.92 Å². The van der Waals surface area contributed by atoms with Crippen molar-refractivity contribution >= 4 is 43.6 Å². The van der Waals surface area contributed by atoms with Gasteiger partial charge in [-0.15, -0.1) is 5.10 Å². The van der Waals surface area contributed by atoms with Gasteiger partial charge in [-0.25, -0.2) is 13.4 Å². The Morgan fingerprint density at radius 3 is 2.61 bits per heavy atom. The molecule has 2 aromatic rings. The summed E-state index contributed by atoms with van der Waals surface area (Å²) in [5, 5.41) is 10.4. The van der Waals surface area contributed by atoms with Gasteiger partial charge in [-0.05, 0) is 44.0 Å². The molecular formula is C17H22BrN5O3S2. The first kappa shape index (κ1) is 21.3. The highest BCUT2D eigenvalue weighted by Crippen LogP contribution is 2.25. The first-order chi connectivity index (χ1) is 13.4. The fourth-order valence-electron chi connectivity index (χ4n) is 2.96. The van der Waals surface area contributed by atoms with E-state index in [9.17, 15) is 13.2 Å². The van der Waals surface area contributed by atoms with E-state index < -0.39 is 10.0 Å². The second kappa shape index (κ2) is 9.38. The average Bonchev–Trinajstić information content (AvgIpc) is 3.10. The number of thioether (sulfide) groups is 1. The molecule has 2 heterocycles. The molecule has 1 fully saturated rings. The summed E-state index contributed by atoms with van der Waals surface area (Å²) >= 11 is 4.78. The average molecular weight is 488 g/mol. The Morgan fingerprint density at radius 2 is 2.00 bits per heavy atom. The highest BCUT2D eigenvalue weighted by molar-refractivity contribution is 9.10. The number of amides is 1. The topological polar surface area (TPSA) is 108 Å². The second-order valence-electron chi connectivity index (χ2n) is 6.48. The summed E-state index contributed by atoms with van der Waals surface area (Å²) in [6.07, 6.45) is 1.05. The first-order valence-corrected chi connectivity index (χ1v) is 12.1. The van der Waals surface area contributed by atoms with Crippen molar-refractivity contribution in [2.45, 2.75) is 29.8 Å². The van der Waals surface area contributed by atoms with Gasteiger partial charge in [-0.3, -0.25) is 9.89 Å². The number of carbonyl (C=O) groups is 1. The van der Waals surface area contributed by atoms with E-state index in [-0.39, 0.29) is 16.7 Å². The van der Waals surface area contributed by atoms with E-state index in [1.54, 1.807) is 24.3 Å². The Balaban J connectivity index is 1.44. The lowest BCUT2D eigenvalue weighted by molar-refractivity contribution is -0.125. The lowest BCUT2D eigenvalue weighted by atomic mass is 9.97. The monoisotopic (exact) mass is 487 g/mol. The molecule has 3 rings (SSSR count). The predicted octanol–water partition coefficient (Wildman–Crippen LogP) is 2.18. The maximum Gasteiger partial charge on any atom is 0.243 e. The Morgan fingerprint density at radius 1 is 1.32 bits per heavy atom. The lowest BCUT2D eigenvalue weighted by Crippen LogP contribution is -2.43. The molecule has 0 aliphatic carbocycles. The molecule has 2 N–H and O–H groups in total. The SMILES string of the molecule is Cc1nc(SCCNC(=O)C2CCN(S(=O)(=O)c3ccc(Br)cc3)CC2)n[nH]1. The standard InChI is InChI=1S/C17H22BrN5O3S2/c1-12-20-17(22-21-12)27-11-8-19-16(24)13-6-9-23(10-7-13)28(25,26)15-4-2-14(18)3-5-15/h2-5,13H,6-11H2,1H3,(H,19,24)(H,20,21,22). The number of rotatable bonds is 7. The molecule has 152 valence electrons. The van der Waals surface area contributed by atoms with Crippen molar-refractivity contribution in [2.75, 3.05) is 25.4 Å². The van der Waals surface area contributed by atoms with Crippen LogP contribution in [0.5, 0.6) is 0 Å². The summed E-state index contributed by atoms with van der Waals surface area (Å²) < 4.78 is 27.7. The molecule has 1 saturated heterocycles. The van der Waals surface area contributed by atoms with E-state index in [0.29, 0.717) is 43.4 Å². The van der Waals surface area contributed by atoms with Gasteiger partial charge >= 0.3 is 0 Å². The summed E-state index contributed by atoms with van der Waals surface area (Å²) in [7, 11) is -3.52. The molecule has 1 aromatic heterocycles. The number of H-pyrrole nitrogens is 1. The number of aromatic amines is 1. The summed E-state index contributed by atoms with van der Waals surface area (Å²) in [6, 6.07) is 6.60. The summed E-state index contributed by atoms with van der Waals surface area (Å²) in [4.78, 5) is 16.8. The molecule has 0 saturated carbocycles. The van der Waals surface area contributed by atoms with Gasteiger partial charge in [0.2, 0.25) is 21.1 Å². The van der Waals surface area contributed by atoms with Gasteiger partial charge < -0.3 is 5.32 Å². The van der Waals surface area contributed by atoms with Crippen molar-refractivity contribution < 1.29 is 13.2 Å². The van der Waals surface area contributed by atoms with Crippen molar-refractivity contribution in [3.63, 3.8) is 0 Å². The van der Waals surface area contributed by atoms with Gasteiger partial charge in [0.25, 0.3) is 0 Å². The van der Waals surface area contributed by atoms with Gasteiger partial charge in [0.1, 0.15) is 5.82 Å². The van der Waals surface area contributed by atoms with Crippen LogP contribution >= 0.6 is 27.7 Å². The Kier molecular flexibility index (Phi) is 7.13. The summed E-state index contributed by atoms with van der Waals surface area (Å²) in [5.74, 6) is 1.26. The largest absolute Gasteiger partial charge is 0.355 e. The van der Waals surface area contributed by atoms with E-state index in [4.69, 9.17) is 0 Å². The minimum atomic E-state index is -3.52. The fraction of sp³-hybridized carbons (Fsp3) is 0.471. The van der Waals surface area contributed by atoms with Crippen molar-refractivity contribution in [3.05, 3.63) is 34.6 Å². The van der Waals surface area contributed by atoms with Gasteiger partial charge in [0, 0.05) is 35.8 Å². The van der Waals surface area contributed by atoms with E-state index in [1.165, 1.54) is 16.1 Å². The van der Waals surface area contributed by atoms with E-state index >= 15 is 0 Å². The molecule has 1 aromatic carbocycles. The van der Waals surface area contributed by atoms with Crippen molar-refractivity contribution in [3.8, 4) is 0 Å². The number of aromatic nitrogens is 3. The Labute approximate surface area is 177 Å². The zero-order valence-electron chi connectivity index (χ0n) is 15.4. The number of nitrogens with one attached hydrogen (secondary N) is 2. The zero-order valence-corrected chi connectivity index (χ0v) is 18.6. The zero-order chi connectivity index (χ0) is 20.1. The number of halogens is 1. The number of sulfonamides is 1. The molecule has 1 aliphatic rings. The molecule has 0 unspecified atom stereocenters. The number of carbonyl (C=O) groups excluding carboxylic acids is 1. The molecule has 0 atom stereocenters. The van der Waals surface area contributed by atoms with E-state index in [2.05, 4.69) is 36.4 Å². The highest BCUT2D eigenvalue weighted by Gasteiger charge is 2.31. The van der Waals surface area contributed by atoms with Crippen molar-refractivity contribution in [2.24, 2.45) is 5.92 Å². The van der Waals surface area contributed by atoms with Gasteiger partial charge in [0.05, 0.1) is 4.90 Å². The van der Waals surface area contributed by atoms with Crippen LogP contribution in [0.25, 0.3) is 0 Å². The number of aryl methyl sites for hydroxylation is 1. The van der Waals surface area contributed by atoms with Crippen LogP contribution in [0.2, 0.25) is 0 Å². The Bertz CT molecular complexity index is 909. The van der Waals surface area contributed by atoms with Crippen LogP contribution in [0.1, 0.15) is 18.7 Å². The second-order valence-corrected chi connectivity index (χ2v) is 10.4. The summed E-state index contributed by atoms with van der Waals surface area (Å²) in [6.45, 7) is 3.06. The van der Waals surface area contributed by atoms with Crippen LogP contribution in [0.4, 0.5) is 0 Å². The molecule has 11 heteroatoms. The number of piperidine rings is 1.